The van der Waals surface area contributed by atoms with E-state index in [9.17, 15) is 0 Å². The van der Waals surface area contributed by atoms with Crippen LogP contribution in [0.25, 0.3) is 0 Å². The van der Waals surface area contributed by atoms with Crippen molar-refractivity contribution in [3.8, 4) is 5.75 Å². The van der Waals surface area contributed by atoms with Crippen LogP contribution in [0.1, 0.15) is 5.56 Å². The van der Waals surface area contributed by atoms with Crippen molar-refractivity contribution in [2.75, 3.05) is 7.11 Å². The number of ether oxygens (including phenoxy) is 1. The van der Waals surface area contributed by atoms with Gasteiger partial charge in [0.15, 0.2) is 0 Å². The van der Waals surface area contributed by atoms with Gasteiger partial charge in [0.25, 0.3) is 0 Å². The molecule has 0 aliphatic carbocycles. The first-order valence-electron chi connectivity index (χ1n) is 4.60. The lowest BCUT2D eigenvalue weighted by Gasteiger charge is -1.98. The van der Waals surface area contributed by atoms with Gasteiger partial charge in [0, 0.05) is 0 Å². The Hall–Kier alpha value is -1.95. The summed E-state index contributed by atoms with van der Waals surface area (Å²) in [6.07, 6.45) is 3.22. The molecule has 0 amide bonds. The van der Waals surface area contributed by atoms with Gasteiger partial charge in [-0.25, -0.2) is 0 Å². The summed E-state index contributed by atoms with van der Waals surface area (Å²) in [5, 5.41) is 10.5. The minimum absolute atomic E-state index is 0.463. The molecule has 0 bridgehead atoms. The highest BCUT2D eigenvalue weighted by molar-refractivity contribution is 7.71. The average Bonchev–Trinajstić information content (AvgIpc) is 2.73. The minimum Gasteiger partial charge on any atom is -0.497 e. The predicted molar refractivity (Wildman–Crippen MR) is 63.4 cm³/mol. The molecule has 0 aliphatic rings. The van der Waals surface area contributed by atoms with Crippen molar-refractivity contribution in [2.45, 2.75) is 0 Å². The summed E-state index contributed by atoms with van der Waals surface area (Å²) in [5.74, 6) is 0.817. The number of nitrogens with zero attached hydrogens (tertiary/aromatic N) is 3. The number of methoxy groups -OCH3 is 1. The third-order valence-corrected chi connectivity index (χ3v) is 2.26. The first-order valence-corrected chi connectivity index (χ1v) is 5.01. The molecular weight excluding hydrogens is 224 g/mol. The molecule has 0 radical (unpaired) electrons. The lowest BCUT2D eigenvalue weighted by atomic mass is 10.2. The van der Waals surface area contributed by atoms with Gasteiger partial charge in [-0.3, -0.25) is 5.10 Å². The normalized spacial score (nSPS) is 10.8. The smallest absolute Gasteiger partial charge is 0.216 e. The molecule has 82 valence electrons. The van der Waals surface area contributed by atoms with Gasteiger partial charge in [-0.2, -0.15) is 14.9 Å². The number of aromatic amines is 1. The second kappa shape index (κ2) is 4.71. The predicted octanol–water partition coefficient (Wildman–Crippen LogP) is 1.83. The van der Waals surface area contributed by atoms with Crippen molar-refractivity contribution in [1.29, 1.82) is 0 Å². The summed E-state index contributed by atoms with van der Waals surface area (Å²) in [5.41, 5.74) is 0.962. The number of benzene rings is 1. The zero-order valence-corrected chi connectivity index (χ0v) is 9.44. The van der Waals surface area contributed by atoms with E-state index in [1.54, 1.807) is 13.3 Å². The second-order valence-electron chi connectivity index (χ2n) is 3.02. The second-order valence-corrected chi connectivity index (χ2v) is 3.41. The lowest BCUT2D eigenvalue weighted by molar-refractivity contribution is 0.415. The Bertz CT molecular complexity index is 540. The van der Waals surface area contributed by atoms with Crippen molar-refractivity contribution < 1.29 is 4.74 Å². The van der Waals surface area contributed by atoms with Gasteiger partial charge in [-0.05, 0) is 42.0 Å². The Kier molecular flexibility index (Phi) is 3.11. The van der Waals surface area contributed by atoms with Crippen molar-refractivity contribution in [3.63, 3.8) is 0 Å². The Morgan fingerprint density at radius 3 is 2.75 bits per heavy atom. The van der Waals surface area contributed by atoms with Gasteiger partial charge in [-0.1, -0.05) is 0 Å². The van der Waals surface area contributed by atoms with Gasteiger partial charge in [0.1, 0.15) is 12.1 Å². The number of aromatic nitrogens is 3. The van der Waals surface area contributed by atoms with Crippen LogP contribution in [0, 0.1) is 4.77 Å². The van der Waals surface area contributed by atoms with Crippen molar-refractivity contribution >= 4 is 18.4 Å². The fraction of sp³-hybridized carbons (Fsp3) is 0.100. The van der Waals surface area contributed by atoms with Gasteiger partial charge in [0.2, 0.25) is 4.77 Å². The van der Waals surface area contributed by atoms with Gasteiger partial charge in [0.05, 0.1) is 13.3 Å². The van der Waals surface area contributed by atoms with Crippen molar-refractivity contribution in [1.82, 2.24) is 14.9 Å². The van der Waals surface area contributed by atoms with Crippen LogP contribution >= 0.6 is 12.2 Å². The molecule has 0 atom stereocenters. The molecule has 2 rings (SSSR count). The number of hydrogen-bond donors (Lipinski definition) is 1. The molecule has 1 heterocycles. The first kappa shape index (κ1) is 10.6. The van der Waals surface area contributed by atoms with Gasteiger partial charge in [-0.15, -0.1) is 0 Å². The molecule has 6 heteroatoms. The third-order valence-electron chi connectivity index (χ3n) is 1.98. The van der Waals surface area contributed by atoms with E-state index in [1.165, 1.54) is 11.0 Å². The summed E-state index contributed by atoms with van der Waals surface area (Å²) >= 11 is 4.95. The van der Waals surface area contributed by atoms with E-state index in [0.29, 0.717) is 4.77 Å². The number of nitrogens with one attached hydrogen (secondary N) is 1. The quantitative estimate of drug-likeness (QED) is 0.651. The van der Waals surface area contributed by atoms with E-state index in [-0.39, 0.29) is 0 Å². The number of rotatable bonds is 3. The van der Waals surface area contributed by atoms with Gasteiger partial charge >= 0.3 is 0 Å². The molecule has 0 saturated heterocycles. The first-order chi connectivity index (χ1) is 7.79. The van der Waals surface area contributed by atoms with Gasteiger partial charge < -0.3 is 4.74 Å². The van der Waals surface area contributed by atoms with Crippen LogP contribution in [0.4, 0.5) is 0 Å². The molecule has 1 N–H and O–H groups in total. The van der Waals surface area contributed by atoms with Crippen LogP contribution in [0.5, 0.6) is 5.75 Å². The Balaban J connectivity index is 2.18. The zero-order valence-electron chi connectivity index (χ0n) is 8.62. The maximum atomic E-state index is 5.06. The largest absolute Gasteiger partial charge is 0.497 e. The van der Waals surface area contributed by atoms with E-state index in [2.05, 4.69) is 15.3 Å². The molecule has 0 fully saturated rings. The summed E-state index contributed by atoms with van der Waals surface area (Å²) in [6, 6.07) is 7.56. The molecule has 0 aliphatic heterocycles. The highest BCUT2D eigenvalue weighted by Crippen LogP contribution is 2.09. The zero-order chi connectivity index (χ0) is 11.4. The highest BCUT2D eigenvalue weighted by Gasteiger charge is 1.92. The van der Waals surface area contributed by atoms with Crippen LogP contribution in [0.2, 0.25) is 0 Å². The standard InChI is InChI=1S/C10H10N4OS/c1-15-9-4-2-8(3-5-9)6-12-14-7-11-13-10(14)16/h2-7H,1H3,(H,13,16)/b12-6-. The summed E-state index contributed by atoms with van der Waals surface area (Å²) in [6.45, 7) is 0. The molecule has 1 aromatic carbocycles. The number of H-pyrrole nitrogens is 1. The SMILES string of the molecule is COc1ccc(/C=N\n2cn[nH]c2=S)cc1. The maximum Gasteiger partial charge on any atom is 0.216 e. The molecule has 2 aromatic rings. The van der Waals surface area contributed by atoms with E-state index in [0.717, 1.165) is 11.3 Å². The summed E-state index contributed by atoms with van der Waals surface area (Å²) in [7, 11) is 1.63. The molecule has 0 spiro atoms. The monoisotopic (exact) mass is 234 g/mol. The minimum atomic E-state index is 0.463. The third kappa shape index (κ3) is 2.34. The topological polar surface area (TPSA) is 55.2 Å². The van der Waals surface area contributed by atoms with Crippen LogP contribution < -0.4 is 4.74 Å². The summed E-state index contributed by atoms with van der Waals surface area (Å²) in [4.78, 5) is 0. The lowest BCUT2D eigenvalue weighted by Crippen LogP contribution is -1.89. The molecule has 1 aromatic heterocycles. The Labute approximate surface area is 97.4 Å². The van der Waals surface area contributed by atoms with Crippen LogP contribution in [0.3, 0.4) is 0 Å². The molecular formula is C10H10N4OS. The van der Waals surface area contributed by atoms with Crippen molar-refractivity contribution in [2.24, 2.45) is 5.10 Å². The number of hydrogen-bond acceptors (Lipinski definition) is 4. The van der Waals surface area contributed by atoms with Crippen LogP contribution in [0.15, 0.2) is 35.7 Å². The fourth-order valence-electron chi connectivity index (χ4n) is 1.14. The van der Waals surface area contributed by atoms with E-state index < -0.39 is 0 Å². The average molecular weight is 234 g/mol. The highest BCUT2D eigenvalue weighted by atomic mass is 32.1. The Morgan fingerprint density at radius 1 is 1.44 bits per heavy atom. The van der Waals surface area contributed by atoms with E-state index >= 15 is 0 Å². The molecule has 16 heavy (non-hydrogen) atoms. The van der Waals surface area contributed by atoms with E-state index in [1.807, 2.05) is 24.3 Å². The fourth-order valence-corrected chi connectivity index (χ4v) is 1.29. The van der Waals surface area contributed by atoms with Crippen LogP contribution in [-0.4, -0.2) is 28.2 Å². The Morgan fingerprint density at radius 2 is 2.19 bits per heavy atom. The van der Waals surface area contributed by atoms with Crippen molar-refractivity contribution in [3.05, 3.63) is 40.9 Å². The molecule has 5 nitrogen and oxygen atoms in total. The summed E-state index contributed by atoms with van der Waals surface area (Å²) < 4.78 is 7.01. The molecule has 0 unspecified atom stereocenters. The maximum absolute atomic E-state index is 5.06. The van der Waals surface area contributed by atoms with E-state index in [4.69, 9.17) is 17.0 Å². The van der Waals surface area contributed by atoms with Crippen LogP contribution in [-0.2, 0) is 0 Å². The molecule has 0 saturated carbocycles.